The van der Waals surface area contributed by atoms with Gasteiger partial charge in [0.25, 0.3) is 0 Å². The zero-order valence-electron chi connectivity index (χ0n) is 21.5. The molecule has 1 N–H and O–H groups in total. The Kier molecular flexibility index (Phi) is 8.38. The number of nitrogens with one attached hydrogen (secondary N) is 1. The first-order valence-electron chi connectivity index (χ1n) is 12.7. The van der Waals surface area contributed by atoms with Gasteiger partial charge in [0.05, 0.1) is 17.1 Å². The number of benzene rings is 2. The SMILES string of the molecule is O=C(N=C1SCC(=O)N1C1CCCCC1)Nc1ccc(/C=C/c2ncn(-c3ccc(OC(F)(F)F)cc3)n2)cc1F. The number of ether oxygens (including phenoxy) is 1. The molecule has 214 valence electrons. The third-order valence-electron chi connectivity index (χ3n) is 6.44. The molecule has 1 aliphatic heterocycles. The number of anilines is 1. The molecule has 3 aromatic rings. The number of halogens is 4. The van der Waals surface area contributed by atoms with Crippen LogP contribution in [0.5, 0.6) is 5.75 Å². The van der Waals surface area contributed by atoms with Crippen molar-refractivity contribution in [3.63, 3.8) is 0 Å². The van der Waals surface area contributed by atoms with Gasteiger partial charge in [-0.2, -0.15) is 4.99 Å². The summed E-state index contributed by atoms with van der Waals surface area (Å²) in [6.45, 7) is 0. The maximum Gasteiger partial charge on any atom is 0.573 e. The van der Waals surface area contributed by atoms with Crippen LogP contribution in [0.25, 0.3) is 17.8 Å². The van der Waals surface area contributed by atoms with E-state index >= 15 is 0 Å². The normalized spacial score (nSPS) is 17.5. The molecule has 1 saturated carbocycles. The van der Waals surface area contributed by atoms with Gasteiger partial charge in [-0.25, -0.2) is 18.9 Å². The van der Waals surface area contributed by atoms with Crippen LogP contribution in [0.1, 0.15) is 43.5 Å². The van der Waals surface area contributed by atoms with E-state index in [1.165, 1.54) is 53.1 Å². The van der Waals surface area contributed by atoms with Gasteiger partial charge in [0.1, 0.15) is 17.9 Å². The average molecular weight is 589 g/mol. The molecule has 1 aliphatic carbocycles. The second-order valence-corrected chi connectivity index (χ2v) is 10.3. The fourth-order valence-corrected chi connectivity index (χ4v) is 5.50. The number of carbonyl (C=O) groups is 2. The van der Waals surface area contributed by atoms with Crippen molar-refractivity contribution in [3.8, 4) is 11.4 Å². The van der Waals surface area contributed by atoms with Gasteiger partial charge in [0.15, 0.2) is 11.0 Å². The molecule has 0 atom stereocenters. The number of amidine groups is 1. The van der Waals surface area contributed by atoms with Gasteiger partial charge in [0, 0.05) is 6.04 Å². The minimum absolute atomic E-state index is 0.0416. The molecule has 41 heavy (non-hydrogen) atoms. The van der Waals surface area contributed by atoms with E-state index in [9.17, 15) is 27.2 Å². The van der Waals surface area contributed by atoms with Crippen LogP contribution in [-0.4, -0.2) is 54.9 Å². The third-order valence-corrected chi connectivity index (χ3v) is 7.38. The minimum Gasteiger partial charge on any atom is -0.406 e. The molecular weight excluding hydrogens is 564 g/mol. The lowest BCUT2D eigenvalue weighted by Crippen LogP contribution is -2.41. The van der Waals surface area contributed by atoms with E-state index in [4.69, 9.17) is 0 Å². The van der Waals surface area contributed by atoms with E-state index in [-0.39, 0.29) is 35.0 Å². The number of thioether (sulfide) groups is 1. The van der Waals surface area contributed by atoms with Crippen LogP contribution in [0.4, 0.5) is 28.0 Å². The summed E-state index contributed by atoms with van der Waals surface area (Å²) < 4.78 is 57.0. The summed E-state index contributed by atoms with van der Waals surface area (Å²) in [7, 11) is 0. The molecule has 0 spiro atoms. The summed E-state index contributed by atoms with van der Waals surface area (Å²) in [5, 5.41) is 7.02. The van der Waals surface area contributed by atoms with Crippen LogP contribution >= 0.6 is 11.8 Å². The molecule has 0 bridgehead atoms. The van der Waals surface area contributed by atoms with Crippen molar-refractivity contribution in [2.45, 2.75) is 44.5 Å². The van der Waals surface area contributed by atoms with E-state index in [0.29, 0.717) is 16.4 Å². The maximum absolute atomic E-state index is 14.8. The van der Waals surface area contributed by atoms with Gasteiger partial charge in [-0.15, -0.1) is 18.3 Å². The zero-order chi connectivity index (χ0) is 29.0. The van der Waals surface area contributed by atoms with E-state index < -0.39 is 18.2 Å². The molecule has 3 amide bonds. The standard InChI is InChI=1S/C27H24F4N6O3S/c28-21-14-17(7-13-23-32-16-36(35-23)18-8-10-20(11-9-18)40-27(29,30)31)6-12-22(21)33-25(39)34-26-37(24(38)15-41-26)19-4-2-1-3-5-19/h6-14,16,19H,1-5,15H2,(H,33,39)/b13-7+,34-26?. The molecule has 2 fully saturated rings. The van der Waals surface area contributed by atoms with Crippen LogP contribution in [0.3, 0.4) is 0 Å². The predicted molar refractivity (Wildman–Crippen MR) is 146 cm³/mol. The van der Waals surface area contributed by atoms with E-state index in [2.05, 4.69) is 25.1 Å². The fraction of sp³-hybridized carbons (Fsp3) is 0.296. The summed E-state index contributed by atoms with van der Waals surface area (Å²) in [6.07, 6.45) is 4.64. The number of hydrogen-bond acceptors (Lipinski definition) is 6. The largest absolute Gasteiger partial charge is 0.573 e. The summed E-state index contributed by atoms with van der Waals surface area (Å²) in [6, 6.07) is 8.59. The van der Waals surface area contributed by atoms with Crippen molar-refractivity contribution in [2.75, 3.05) is 11.1 Å². The van der Waals surface area contributed by atoms with Gasteiger partial charge in [-0.05, 0) is 60.9 Å². The van der Waals surface area contributed by atoms with Crippen LogP contribution in [-0.2, 0) is 4.79 Å². The first kappa shape index (κ1) is 28.3. The minimum atomic E-state index is -4.78. The Morgan fingerprint density at radius 1 is 1.10 bits per heavy atom. The first-order chi connectivity index (χ1) is 19.6. The number of nitrogens with zero attached hydrogens (tertiary/aromatic N) is 5. The van der Waals surface area contributed by atoms with Crippen molar-refractivity contribution in [1.29, 1.82) is 0 Å². The number of hydrogen-bond donors (Lipinski definition) is 1. The Bertz CT molecular complexity index is 1480. The number of aromatic nitrogens is 3. The lowest BCUT2D eigenvalue weighted by molar-refractivity contribution is -0.274. The van der Waals surface area contributed by atoms with Crippen molar-refractivity contribution in [2.24, 2.45) is 4.99 Å². The van der Waals surface area contributed by atoms with Crippen LogP contribution < -0.4 is 10.1 Å². The van der Waals surface area contributed by atoms with Crippen molar-refractivity contribution >= 4 is 46.7 Å². The predicted octanol–water partition coefficient (Wildman–Crippen LogP) is 6.27. The number of carbonyl (C=O) groups excluding carboxylic acids is 2. The molecule has 2 heterocycles. The number of aliphatic imine (C=N–C) groups is 1. The number of alkyl halides is 3. The van der Waals surface area contributed by atoms with Crippen molar-refractivity contribution in [3.05, 3.63) is 66.0 Å². The Balaban J connectivity index is 1.20. The number of amides is 3. The zero-order valence-corrected chi connectivity index (χ0v) is 22.3. The Labute approximate surface area is 236 Å². The van der Waals surface area contributed by atoms with Crippen LogP contribution in [0, 0.1) is 5.82 Å². The van der Waals surface area contributed by atoms with Gasteiger partial charge >= 0.3 is 12.4 Å². The van der Waals surface area contributed by atoms with Crippen LogP contribution in [0.15, 0.2) is 53.8 Å². The molecule has 0 unspecified atom stereocenters. The smallest absolute Gasteiger partial charge is 0.406 e. The highest BCUT2D eigenvalue weighted by Crippen LogP contribution is 2.30. The van der Waals surface area contributed by atoms with Crippen LogP contribution in [0.2, 0.25) is 0 Å². The van der Waals surface area contributed by atoms with Crippen molar-refractivity contribution < 1.29 is 31.9 Å². The Hall–Kier alpha value is -4.20. The summed E-state index contributed by atoms with van der Waals surface area (Å²) >= 11 is 1.21. The van der Waals surface area contributed by atoms with E-state index in [0.717, 1.165) is 44.2 Å². The summed E-state index contributed by atoms with van der Waals surface area (Å²) in [5.41, 5.74) is 0.872. The molecule has 9 nitrogen and oxygen atoms in total. The Morgan fingerprint density at radius 3 is 2.56 bits per heavy atom. The number of rotatable bonds is 6. The molecule has 2 aliphatic rings. The lowest BCUT2D eigenvalue weighted by atomic mass is 9.94. The van der Waals surface area contributed by atoms with E-state index in [1.54, 1.807) is 17.0 Å². The molecule has 0 radical (unpaired) electrons. The molecule has 1 aromatic heterocycles. The number of urea groups is 1. The first-order valence-corrected chi connectivity index (χ1v) is 13.7. The molecule has 2 aromatic carbocycles. The molecule has 1 saturated heterocycles. The Morgan fingerprint density at radius 2 is 1.85 bits per heavy atom. The quantitative estimate of drug-likeness (QED) is 0.341. The third kappa shape index (κ3) is 7.31. The van der Waals surface area contributed by atoms with E-state index in [1.807, 2.05) is 0 Å². The summed E-state index contributed by atoms with van der Waals surface area (Å²) in [4.78, 5) is 34.7. The van der Waals surface area contributed by atoms with Crippen molar-refractivity contribution in [1.82, 2.24) is 19.7 Å². The second-order valence-electron chi connectivity index (χ2n) is 9.33. The van der Waals surface area contributed by atoms with Gasteiger partial charge in [-0.1, -0.05) is 43.2 Å². The van der Waals surface area contributed by atoms with Gasteiger partial charge in [0.2, 0.25) is 5.91 Å². The average Bonchev–Trinajstić information content (AvgIpc) is 3.55. The highest BCUT2D eigenvalue weighted by molar-refractivity contribution is 8.15. The lowest BCUT2D eigenvalue weighted by Gasteiger charge is -2.30. The topological polar surface area (TPSA) is 102 Å². The highest BCUT2D eigenvalue weighted by Gasteiger charge is 2.35. The fourth-order valence-electron chi connectivity index (χ4n) is 4.57. The monoisotopic (exact) mass is 588 g/mol. The summed E-state index contributed by atoms with van der Waals surface area (Å²) in [5.74, 6) is -0.595. The highest BCUT2D eigenvalue weighted by atomic mass is 32.2. The van der Waals surface area contributed by atoms with Gasteiger partial charge < -0.3 is 10.1 Å². The second kappa shape index (κ2) is 12.1. The van der Waals surface area contributed by atoms with Gasteiger partial charge in [-0.3, -0.25) is 9.69 Å². The molecule has 14 heteroatoms. The molecule has 5 rings (SSSR count). The maximum atomic E-state index is 14.8. The molecular formula is C27H24F4N6O3S.